The number of unbranched alkanes of at least 4 members (excludes halogenated alkanes) is 60. The Morgan fingerprint density at radius 2 is 0.380 bits per heavy atom. The molecule has 0 bridgehead atoms. The zero-order chi connectivity index (χ0) is 97.0. The van der Waals surface area contributed by atoms with Crippen LogP contribution in [0.4, 0.5) is 5.95 Å². The highest BCUT2D eigenvalue weighted by atomic mass is 15.3. The average molecular weight is 1900 g/mol. The molecule has 3 aliphatic rings. The number of aromatic nitrogens is 2. The lowest BCUT2D eigenvalue weighted by atomic mass is 9.97. The average Bonchev–Trinajstić information content (AvgIpc) is 0.852. The van der Waals surface area contributed by atoms with Gasteiger partial charge in [-0.15, -0.1) is 0 Å². The molecule has 0 aromatic carbocycles. The first-order valence-corrected chi connectivity index (χ1v) is 61.4. The van der Waals surface area contributed by atoms with Crippen LogP contribution in [-0.4, -0.2) is 120 Å². The molecule has 7 heteroatoms. The van der Waals surface area contributed by atoms with E-state index in [1.807, 2.05) is 18.5 Å². The largest absolute Gasteiger partial charge is 0.338 e. The van der Waals surface area contributed by atoms with E-state index in [0.29, 0.717) is 0 Å². The quantitative estimate of drug-likeness (QED) is 0.0475. The van der Waals surface area contributed by atoms with Gasteiger partial charge in [-0.05, 0) is 257 Å². The summed E-state index contributed by atoms with van der Waals surface area (Å²) in [4.78, 5) is 22.4. The number of hydrogen-bond donors (Lipinski definition) is 0. The van der Waals surface area contributed by atoms with Crippen molar-refractivity contribution in [1.82, 2.24) is 29.6 Å². The minimum atomic E-state index is 0. The third kappa shape index (κ3) is 91.8. The highest BCUT2D eigenvalue weighted by molar-refractivity contribution is 5.29. The Morgan fingerprint density at radius 3 is 0.606 bits per heavy atom. The summed E-state index contributed by atoms with van der Waals surface area (Å²) in [5.41, 5.74) is 0. The number of rotatable bonds is 96. The number of anilines is 1. The van der Waals surface area contributed by atoms with E-state index < -0.39 is 0 Å². The Kier molecular flexibility index (Phi) is 106. The molecule has 1 aromatic heterocycles. The predicted octanol–water partition coefficient (Wildman–Crippen LogP) is 41.7. The molecule has 0 N–H and O–H groups in total. The lowest BCUT2D eigenvalue weighted by Crippen LogP contribution is -2.50. The number of likely N-dealkylation sites (N-methyl/N-ethyl adjacent to an activating group) is 1. The van der Waals surface area contributed by atoms with Crippen molar-refractivity contribution in [2.75, 3.05) is 77.4 Å². The molecule has 0 aliphatic carbocycles. The van der Waals surface area contributed by atoms with Crippen molar-refractivity contribution in [2.45, 2.75) is 613 Å². The van der Waals surface area contributed by atoms with Gasteiger partial charge in [0.15, 0.2) is 0 Å². The van der Waals surface area contributed by atoms with Gasteiger partial charge in [-0.2, -0.15) is 0 Å². The molecule has 4 heterocycles. The SMILES string of the molecule is C.CCCCC/C=C\C/C=C\CCCCCCCCC(CCCCCCCC/C=C\C/C=C\CCCCC)N1CCCCC1.CCCCC/C=C\C/C=C\CCCCCCCCC(CCCCCCCC/C=C\C/C=C\CCCCC)N1CCN(c2ncccn2)CC1.CCCCCCCC/C=C\CCCCCCCCC(CCCCCCCC/C=C\CCCCCCCC)N1CCN(C)CC1. The van der Waals surface area contributed by atoms with Crippen LogP contribution >= 0.6 is 0 Å². The molecule has 3 aliphatic heterocycles. The fourth-order valence-corrected chi connectivity index (χ4v) is 20.5. The van der Waals surface area contributed by atoms with Crippen molar-refractivity contribution in [2.24, 2.45) is 0 Å². The van der Waals surface area contributed by atoms with Crippen LogP contribution in [0.25, 0.3) is 0 Å². The zero-order valence-electron chi connectivity index (χ0n) is 92.8. The van der Waals surface area contributed by atoms with Gasteiger partial charge in [0.25, 0.3) is 0 Å². The minimum Gasteiger partial charge on any atom is -0.338 e. The number of piperidine rings is 1. The zero-order valence-corrected chi connectivity index (χ0v) is 92.8. The van der Waals surface area contributed by atoms with E-state index in [4.69, 9.17) is 0 Å². The predicted molar refractivity (Wildman–Crippen MR) is 622 cm³/mol. The molecule has 4 rings (SSSR count). The summed E-state index contributed by atoms with van der Waals surface area (Å²) in [5, 5.41) is 0. The maximum absolute atomic E-state index is 4.50. The summed E-state index contributed by atoms with van der Waals surface area (Å²) >= 11 is 0. The standard InChI is InChI=1S/C45H78N4.C42H82N2.C42H77N.CH4/c1-3-5-7-9-11-13-15-17-19-21-23-25-27-29-31-33-36-44(48-40-42-49(43-41-48)45-46-38-35-39-47-45)37-34-32-30-28-26-24-22-20-18-16-14-12-10-8-6-4-2;1-4-6-8-10-12-14-16-18-20-22-24-26-28-30-32-34-36-42(44-40-38-43(3)39-41-44)37-35-33-31-29-27-25-23-21-19-17-15-13-11-9-7-5-2;1-3-5-7-9-11-13-15-17-19-21-23-25-27-29-31-34-38-42(43-40-36-33-37-41-43)39-35-32-30-28-26-24-22-20-18-16-14-12-10-8-6-4-2;/h11-14,17-20,35,38-39,44H,3-10,15-16,21-34,36-37,40-43H2,1-2H3;18-21,42H,4-17,22-41H2,1-3H3;11-14,17-20,42H,3-10,15-16,21-41H2,1-2H3;1H4/b13-11-,14-12-,19-17-,20-18-;20-18-,21-19-;13-11-,14-12-,19-17-,20-18-;. The lowest BCUT2D eigenvalue weighted by molar-refractivity contribution is 0.0989. The fourth-order valence-electron chi connectivity index (χ4n) is 20.5. The van der Waals surface area contributed by atoms with Gasteiger partial charge in [0.1, 0.15) is 0 Å². The Hall–Kier alpha value is -3.88. The molecule has 7 nitrogen and oxygen atoms in total. The molecule has 796 valence electrons. The first-order valence-electron chi connectivity index (χ1n) is 61.4. The third-order valence-electron chi connectivity index (χ3n) is 29.7. The lowest BCUT2D eigenvalue weighted by Gasteiger charge is -2.39. The van der Waals surface area contributed by atoms with Crippen LogP contribution < -0.4 is 4.90 Å². The monoisotopic (exact) mass is 1900 g/mol. The molecule has 3 saturated heterocycles. The molecule has 1 aromatic rings. The van der Waals surface area contributed by atoms with Crippen molar-refractivity contribution in [1.29, 1.82) is 0 Å². The van der Waals surface area contributed by atoms with Gasteiger partial charge in [0, 0.05) is 82.9 Å². The first-order chi connectivity index (χ1) is 67.5. The van der Waals surface area contributed by atoms with E-state index in [0.717, 1.165) is 75.9 Å². The van der Waals surface area contributed by atoms with E-state index in [2.05, 4.69) is 205 Å². The van der Waals surface area contributed by atoms with Crippen LogP contribution in [0.1, 0.15) is 595 Å². The number of nitrogens with zero attached hydrogens (tertiary/aromatic N) is 7. The summed E-state index contributed by atoms with van der Waals surface area (Å²) in [6, 6.07) is 4.37. The van der Waals surface area contributed by atoms with E-state index in [9.17, 15) is 0 Å². The fraction of sp³-hybridized carbons (Fsp3) is 0.815. The number of allylic oxidation sites excluding steroid dienone is 20. The normalized spacial score (nSPS) is 14.8. The van der Waals surface area contributed by atoms with Gasteiger partial charge in [-0.25, -0.2) is 9.97 Å². The van der Waals surface area contributed by atoms with Crippen molar-refractivity contribution < 1.29 is 0 Å². The van der Waals surface area contributed by atoms with Crippen LogP contribution in [0.5, 0.6) is 0 Å². The summed E-state index contributed by atoms with van der Waals surface area (Å²) < 4.78 is 0. The molecule has 0 radical (unpaired) electrons. The minimum absolute atomic E-state index is 0. The van der Waals surface area contributed by atoms with Gasteiger partial charge in [-0.3, -0.25) is 9.80 Å². The van der Waals surface area contributed by atoms with E-state index in [1.165, 1.54) is 559 Å². The van der Waals surface area contributed by atoms with E-state index in [1.54, 1.807) is 0 Å². The molecule has 137 heavy (non-hydrogen) atoms. The summed E-state index contributed by atoms with van der Waals surface area (Å²) in [6.45, 7) is 25.9. The van der Waals surface area contributed by atoms with Gasteiger partial charge in [0.05, 0.1) is 0 Å². The molecule has 0 unspecified atom stereocenters. The molecule has 0 amide bonds. The Bertz CT molecular complexity index is 2650. The van der Waals surface area contributed by atoms with E-state index >= 15 is 0 Å². The van der Waals surface area contributed by atoms with Crippen LogP contribution in [0.15, 0.2) is 140 Å². The molecule has 3 fully saturated rings. The highest BCUT2D eigenvalue weighted by Crippen LogP contribution is 2.28. The molecular weight excluding hydrogens is 1660 g/mol. The second kappa shape index (κ2) is 111. The Labute approximate surface area is 860 Å². The Balaban J connectivity index is 0.00000103. The van der Waals surface area contributed by atoms with E-state index in [-0.39, 0.29) is 7.43 Å². The second-order valence-electron chi connectivity index (χ2n) is 42.4. The van der Waals surface area contributed by atoms with Crippen molar-refractivity contribution >= 4 is 5.95 Å². The van der Waals surface area contributed by atoms with Crippen molar-refractivity contribution in [3.8, 4) is 0 Å². The smallest absolute Gasteiger partial charge is 0.225 e. The van der Waals surface area contributed by atoms with Gasteiger partial charge >= 0.3 is 0 Å². The summed E-state index contributed by atoms with van der Waals surface area (Å²) in [6.07, 6.45) is 168. The second-order valence-corrected chi connectivity index (χ2v) is 42.4. The summed E-state index contributed by atoms with van der Waals surface area (Å²) in [5.74, 6) is 0.897. The van der Waals surface area contributed by atoms with Crippen LogP contribution in [0, 0.1) is 0 Å². The molecular formula is C130H241N7. The summed E-state index contributed by atoms with van der Waals surface area (Å²) in [7, 11) is 2.29. The van der Waals surface area contributed by atoms with Crippen molar-refractivity contribution in [3.05, 3.63) is 140 Å². The third-order valence-corrected chi connectivity index (χ3v) is 29.7. The Morgan fingerprint density at radius 1 is 0.204 bits per heavy atom. The number of hydrogen-bond acceptors (Lipinski definition) is 7. The molecule has 0 spiro atoms. The maximum atomic E-state index is 4.50. The van der Waals surface area contributed by atoms with Gasteiger partial charge < -0.3 is 14.7 Å². The van der Waals surface area contributed by atoms with Gasteiger partial charge in [0.2, 0.25) is 5.95 Å². The van der Waals surface area contributed by atoms with Crippen molar-refractivity contribution in [3.63, 3.8) is 0 Å². The first kappa shape index (κ1) is 131. The topological polar surface area (TPSA) is 42.0 Å². The molecule has 0 saturated carbocycles. The van der Waals surface area contributed by atoms with Crippen LogP contribution in [0.2, 0.25) is 0 Å². The highest BCUT2D eigenvalue weighted by Gasteiger charge is 2.26. The maximum Gasteiger partial charge on any atom is 0.225 e. The van der Waals surface area contributed by atoms with Crippen LogP contribution in [-0.2, 0) is 0 Å². The van der Waals surface area contributed by atoms with Crippen LogP contribution in [0.3, 0.4) is 0 Å². The van der Waals surface area contributed by atoms with Gasteiger partial charge in [-0.1, -0.05) is 485 Å². The number of piperazine rings is 2. The number of likely N-dealkylation sites (tertiary alicyclic amines) is 1. The molecule has 0 atom stereocenters.